The van der Waals surface area contributed by atoms with Crippen molar-refractivity contribution in [2.24, 2.45) is 11.8 Å². The van der Waals surface area contributed by atoms with E-state index in [-0.39, 0.29) is 23.6 Å². The van der Waals surface area contributed by atoms with Gasteiger partial charge < -0.3 is 25.7 Å². The number of anilines is 1. The lowest BCUT2D eigenvalue weighted by Gasteiger charge is -2.47. The third-order valence-corrected chi connectivity index (χ3v) is 6.98. The lowest BCUT2D eigenvalue weighted by molar-refractivity contribution is -0.163. The first-order valence-corrected chi connectivity index (χ1v) is 11.3. The van der Waals surface area contributed by atoms with E-state index in [0.29, 0.717) is 17.7 Å². The van der Waals surface area contributed by atoms with Gasteiger partial charge in [0.1, 0.15) is 5.70 Å². The van der Waals surface area contributed by atoms with Gasteiger partial charge in [-0.15, -0.1) is 11.8 Å². The van der Waals surface area contributed by atoms with Crippen LogP contribution >= 0.6 is 11.8 Å². The van der Waals surface area contributed by atoms with Gasteiger partial charge in [0.05, 0.1) is 24.1 Å². The van der Waals surface area contributed by atoms with E-state index in [0.717, 1.165) is 17.7 Å². The standard InChI is InChI=1S/C21H25N3O5S/c1-10(25)15-17-13-7-4-8-14(16(13)18(20(27)28)24(17)19(15)26)23-21(29)22-11-5-3-6-12(9-11)30-2/h3,5-6,9-10,13-15,17,25H,4,7-8H2,1-2H3,(H,27,28)(H2,22,23,29)/t10?,13-,14-,15+,17+/m0/s1. The highest BCUT2D eigenvalue weighted by Crippen LogP contribution is 2.52. The van der Waals surface area contributed by atoms with Gasteiger partial charge in [-0.3, -0.25) is 4.79 Å². The summed E-state index contributed by atoms with van der Waals surface area (Å²) in [4.78, 5) is 39.5. The number of aliphatic hydroxyl groups excluding tert-OH is 1. The average Bonchev–Trinajstić information content (AvgIpc) is 2.99. The minimum absolute atomic E-state index is 0.0266. The zero-order valence-corrected chi connectivity index (χ0v) is 17.6. The van der Waals surface area contributed by atoms with Crippen LogP contribution in [0.5, 0.6) is 0 Å². The Balaban J connectivity index is 1.57. The number of β-lactam (4-membered cyclic amide) rings is 1. The van der Waals surface area contributed by atoms with Gasteiger partial charge in [-0.05, 0) is 49.8 Å². The Morgan fingerprint density at radius 1 is 1.30 bits per heavy atom. The van der Waals surface area contributed by atoms with E-state index in [1.807, 2.05) is 24.5 Å². The number of carbonyl (C=O) groups excluding carboxylic acids is 2. The van der Waals surface area contributed by atoms with Crippen molar-refractivity contribution in [2.75, 3.05) is 11.6 Å². The van der Waals surface area contributed by atoms with Gasteiger partial charge in [-0.1, -0.05) is 12.5 Å². The minimum Gasteiger partial charge on any atom is -0.477 e. The molecule has 30 heavy (non-hydrogen) atoms. The number of amides is 3. The molecule has 1 saturated carbocycles. The first-order valence-electron chi connectivity index (χ1n) is 10.0. The third kappa shape index (κ3) is 3.35. The summed E-state index contributed by atoms with van der Waals surface area (Å²) < 4.78 is 0. The molecular weight excluding hydrogens is 406 g/mol. The van der Waals surface area contributed by atoms with Gasteiger partial charge in [-0.25, -0.2) is 9.59 Å². The maximum atomic E-state index is 12.6. The van der Waals surface area contributed by atoms with Crippen molar-refractivity contribution >= 4 is 35.4 Å². The number of urea groups is 1. The molecule has 4 rings (SSSR count). The Labute approximate surface area is 178 Å². The molecule has 1 aliphatic carbocycles. The number of hydrogen-bond acceptors (Lipinski definition) is 5. The smallest absolute Gasteiger partial charge is 0.352 e. The second-order valence-electron chi connectivity index (χ2n) is 7.99. The summed E-state index contributed by atoms with van der Waals surface area (Å²) in [5.74, 6) is -2.28. The van der Waals surface area contributed by atoms with E-state index in [1.54, 1.807) is 24.8 Å². The normalized spacial score (nSPS) is 28.4. The number of rotatable bonds is 5. The summed E-state index contributed by atoms with van der Waals surface area (Å²) in [6.45, 7) is 1.56. The molecule has 2 aliphatic heterocycles. The number of benzene rings is 1. The Kier molecular flexibility index (Phi) is 5.50. The SMILES string of the molecule is CSc1cccc(NC(=O)N[C@H]2CCC[C@H]3C2=C(C(=O)O)N2C(=O)[C@H](C(C)O)[C@@H]32)c1. The Morgan fingerprint density at radius 3 is 2.73 bits per heavy atom. The topological polar surface area (TPSA) is 119 Å². The van der Waals surface area contributed by atoms with Crippen molar-refractivity contribution in [2.45, 2.75) is 49.3 Å². The van der Waals surface area contributed by atoms with Gasteiger partial charge in [0.15, 0.2) is 0 Å². The summed E-state index contributed by atoms with van der Waals surface area (Å²) >= 11 is 1.57. The Bertz CT molecular complexity index is 931. The van der Waals surface area contributed by atoms with Gasteiger partial charge in [0.2, 0.25) is 5.91 Å². The minimum atomic E-state index is -1.17. The molecule has 4 N–H and O–H groups in total. The van der Waals surface area contributed by atoms with Crippen LogP contribution in [0, 0.1) is 11.8 Å². The van der Waals surface area contributed by atoms with Crippen LogP contribution in [0.4, 0.5) is 10.5 Å². The van der Waals surface area contributed by atoms with E-state index >= 15 is 0 Å². The molecule has 0 bridgehead atoms. The number of fused-ring (bicyclic) bond motifs is 3. The molecule has 2 heterocycles. The molecule has 0 spiro atoms. The van der Waals surface area contributed by atoms with Crippen LogP contribution in [0.3, 0.4) is 0 Å². The van der Waals surface area contributed by atoms with Crippen molar-refractivity contribution in [1.82, 2.24) is 10.2 Å². The van der Waals surface area contributed by atoms with Gasteiger partial charge >= 0.3 is 12.0 Å². The first kappa shape index (κ1) is 20.7. The molecule has 1 aromatic rings. The maximum absolute atomic E-state index is 12.6. The van der Waals surface area contributed by atoms with Crippen molar-refractivity contribution in [3.8, 4) is 0 Å². The van der Waals surface area contributed by atoms with E-state index in [2.05, 4.69) is 10.6 Å². The number of hydrogen-bond donors (Lipinski definition) is 4. The van der Waals surface area contributed by atoms with Gasteiger partial charge in [0, 0.05) is 16.5 Å². The molecule has 9 heteroatoms. The second kappa shape index (κ2) is 7.96. The zero-order valence-electron chi connectivity index (χ0n) is 16.8. The fourth-order valence-electron chi connectivity index (χ4n) is 5.06. The number of carboxylic acid groups (broad SMARTS) is 1. The van der Waals surface area contributed by atoms with Gasteiger partial charge in [-0.2, -0.15) is 0 Å². The summed E-state index contributed by atoms with van der Waals surface area (Å²) in [5.41, 5.74) is 1.23. The first-order chi connectivity index (χ1) is 14.3. The maximum Gasteiger partial charge on any atom is 0.352 e. The van der Waals surface area contributed by atoms with Crippen molar-refractivity contribution in [3.63, 3.8) is 0 Å². The van der Waals surface area contributed by atoms with E-state index in [9.17, 15) is 24.6 Å². The van der Waals surface area contributed by atoms with Crippen LogP contribution in [0.25, 0.3) is 0 Å². The molecule has 1 unspecified atom stereocenters. The molecule has 5 atom stereocenters. The fourth-order valence-corrected chi connectivity index (χ4v) is 5.52. The third-order valence-electron chi connectivity index (χ3n) is 6.25. The van der Waals surface area contributed by atoms with E-state index in [4.69, 9.17) is 0 Å². The number of carbonyl (C=O) groups is 3. The van der Waals surface area contributed by atoms with Gasteiger partial charge in [0.25, 0.3) is 0 Å². The lowest BCUT2D eigenvalue weighted by atomic mass is 9.71. The highest BCUT2D eigenvalue weighted by atomic mass is 32.2. The Morgan fingerprint density at radius 2 is 2.07 bits per heavy atom. The van der Waals surface area contributed by atoms with Crippen molar-refractivity contribution in [3.05, 3.63) is 35.5 Å². The van der Waals surface area contributed by atoms with Crippen LogP contribution in [0.2, 0.25) is 0 Å². The average molecular weight is 432 g/mol. The number of aliphatic hydroxyl groups is 1. The molecule has 3 aliphatic rings. The molecule has 2 fully saturated rings. The van der Waals surface area contributed by atoms with Crippen LogP contribution < -0.4 is 10.6 Å². The number of aliphatic carboxylic acids is 1. The van der Waals surface area contributed by atoms with E-state index < -0.39 is 30.1 Å². The molecule has 0 aromatic heterocycles. The second-order valence-corrected chi connectivity index (χ2v) is 8.87. The number of nitrogens with zero attached hydrogens (tertiary/aromatic N) is 1. The fraction of sp³-hybridized carbons (Fsp3) is 0.476. The zero-order chi connectivity index (χ0) is 21.6. The molecule has 0 radical (unpaired) electrons. The predicted molar refractivity (Wildman–Crippen MR) is 112 cm³/mol. The monoisotopic (exact) mass is 431 g/mol. The number of thioether (sulfide) groups is 1. The quantitative estimate of drug-likeness (QED) is 0.419. The molecule has 8 nitrogen and oxygen atoms in total. The highest BCUT2D eigenvalue weighted by molar-refractivity contribution is 7.98. The predicted octanol–water partition coefficient (Wildman–Crippen LogP) is 2.26. The van der Waals surface area contributed by atoms with Crippen LogP contribution in [-0.4, -0.2) is 57.5 Å². The van der Waals surface area contributed by atoms with Crippen molar-refractivity contribution in [1.29, 1.82) is 0 Å². The van der Waals surface area contributed by atoms with Crippen LogP contribution in [-0.2, 0) is 9.59 Å². The molecule has 3 amide bonds. The summed E-state index contributed by atoms with van der Waals surface area (Å²) in [7, 11) is 0. The Hall–Kier alpha value is -2.52. The van der Waals surface area contributed by atoms with Crippen LogP contribution in [0.1, 0.15) is 26.2 Å². The van der Waals surface area contributed by atoms with Crippen LogP contribution in [0.15, 0.2) is 40.4 Å². The summed E-state index contributed by atoms with van der Waals surface area (Å²) in [5, 5.41) is 25.6. The molecular formula is C21H25N3O5S. The molecule has 1 saturated heterocycles. The largest absolute Gasteiger partial charge is 0.477 e. The molecule has 1 aromatic carbocycles. The molecule has 160 valence electrons. The highest BCUT2D eigenvalue weighted by Gasteiger charge is 2.62. The van der Waals surface area contributed by atoms with Crippen molar-refractivity contribution < 1.29 is 24.6 Å². The van der Waals surface area contributed by atoms with E-state index in [1.165, 1.54) is 4.90 Å². The number of carboxylic acids is 1. The lowest BCUT2D eigenvalue weighted by Crippen LogP contribution is -2.64. The number of nitrogens with one attached hydrogen (secondary N) is 2. The summed E-state index contributed by atoms with van der Waals surface area (Å²) in [6, 6.07) is 6.23. The summed E-state index contributed by atoms with van der Waals surface area (Å²) in [6.07, 6.45) is 3.26.